The lowest BCUT2D eigenvalue weighted by Crippen LogP contribution is -2.53. The lowest BCUT2D eigenvalue weighted by molar-refractivity contribution is -0.0785. The minimum Gasteiger partial charge on any atom is -0.485 e. The molecule has 2 atom stereocenters. The zero-order chi connectivity index (χ0) is 16.5. The van der Waals surface area contributed by atoms with Crippen LogP contribution in [0.25, 0.3) is 0 Å². The van der Waals surface area contributed by atoms with Crippen LogP contribution in [0.2, 0.25) is 0 Å². The number of likely N-dealkylation sites (N-methyl/N-ethyl adjacent to an activating group) is 1. The van der Waals surface area contributed by atoms with E-state index in [0.717, 1.165) is 0 Å². The van der Waals surface area contributed by atoms with Gasteiger partial charge in [-0.05, 0) is 39.0 Å². The summed E-state index contributed by atoms with van der Waals surface area (Å²) in [7, 11) is 1.76. The van der Waals surface area contributed by atoms with Crippen LogP contribution >= 0.6 is 0 Å². The van der Waals surface area contributed by atoms with Crippen molar-refractivity contribution in [1.82, 2.24) is 4.90 Å². The molecular formula is C16H18N4O2. The molecule has 22 heavy (non-hydrogen) atoms. The average molecular weight is 298 g/mol. The molecule has 6 heteroatoms. The van der Waals surface area contributed by atoms with Crippen molar-refractivity contribution in [2.24, 2.45) is 4.99 Å². The maximum absolute atomic E-state index is 10.7. The Morgan fingerprint density at radius 2 is 2.09 bits per heavy atom. The van der Waals surface area contributed by atoms with Crippen molar-refractivity contribution in [2.45, 2.75) is 38.5 Å². The van der Waals surface area contributed by atoms with Gasteiger partial charge in [-0.2, -0.15) is 15.5 Å². The number of hydrogen-bond donors (Lipinski definition) is 1. The van der Waals surface area contributed by atoms with E-state index in [1.807, 2.05) is 0 Å². The first-order chi connectivity index (χ1) is 10.3. The van der Waals surface area contributed by atoms with E-state index in [4.69, 9.17) is 15.3 Å². The predicted molar refractivity (Wildman–Crippen MR) is 81.1 cm³/mol. The van der Waals surface area contributed by atoms with Crippen LogP contribution in [0.15, 0.2) is 23.2 Å². The number of nitriles is 2. The Kier molecular flexibility index (Phi) is 4.07. The molecule has 1 N–H and O–H groups in total. The Balaban J connectivity index is 2.59. The molecule has 0 radical (unpaired) electrons. The average Bonchev–Trinajstić information content (AvgIpc) is 2.47. The lowest BCUT2D eigenvalue weighted by Gasteiger charge is -2.45. The topological polar surface area (TPSA) is 92.6 Å². The molecule has 6 nitrogen and oxygen atoms in total. The summed E-state index contributed by atoms with van der Waals surface area (Å²) >= 11 is 0. The summed E-state index contributed by atoms with van der Waals surface area (Å²) in [6.45, 7) is 5.30. The number of aliphatic hydroxyl groups excluding tert-OH is 1. The molecule has 0 saturated heterocycles. The van der Waals surface area contributed by atoms with Gasteiger partial charge < -0.3 is 14.7 Å². The largest absolute Gasteiger partial charge is 0.485 e. The number of fused-ring (bicyclic) bond motifs is 1. The molecule has 0 aliphatic carbocycles. The monoisotopic (exact) mass is 298 g/mol. The first-order valence-corrected chi connectivity index (χ1v) is 6.89. The molecule has 1 heterocycles. The summed E-state index contributed by atoms with van der Waals surface area (Å²) in [6.07, 6.45) is 0.906. The fraction of sp³-hybridized carbons (Fsp3) is 0.438. The molecule has 1 aromatic carbocycles. The van der Waals surface area contributed by atoms with Gasteiger partial charge in [-0.1, -0.05) is 0 Å². The fourth-order valence-corrected chi connectivity index (χ4v) is 2.61. The van der Waals surface area contributed by atoms with Crippen molar-refractivity contribution < 1.29 is 9.84 Å². The zero-order valence-electron chi connectivity index (χ0n) is 13.0. The minimum absolute atomic E-state index is 0.454. The third-order valence-electron chi connectivity index (χ3n) is 3.98. The van der Waals surface area contributed by atoms with Crippen LogP contribution in [0.4, 0.5) is 0 Å². The molecule has 0 saturated carbocycles. The summed E-state index contributed by atoms with van der Waals surface area (Å²) in [5.41, 5.74) is 0.399. The van der Waals surface area contributed by atoms with Crippen LogP contribution in [-0.2, 0) is 0 Å². The summed E-state index contributed by atoms with van der Waals surface area (Å²) in [6, 6.07) is 6.75. The van der Waals surface area contributed by atoms with Gasteiger partial charge in [-0.3, -0.25) is 0 Å². The summed E-state index contributed by atoms with van der Waals surface area (Å²) in [5, 5.41) is 28.5. The molecule has 2 unspecified atom stereocenters. The zero-order valence-corrected chi connectivity index (χ0v) is 13.0. The van der Waals surface area contributed by atoms with Crippen molar-refractivity contribution >= 4 is 5.84 Å². The minimum atomic E-state index is -0.845. The molecule has 1 aromatic rings. The summed E-state index contributed by atoms with van der Waals surface area (Å²) in [4.78, 5) is 5.46. The molecule has 1 aliphatic heterocycles. The van der Waals surface area contributed by atoms with E-state index in [2.05, 4.69) is 11.1 Å². The van der Waals surface area contributed by atoms with Crippen LogP contribution in [0.1, 0.15) is 37.9 Å². The van der Waals surface area contributed by atoms with Crippen LogP contribution in [-0.4, -0.2) is 34.6 Å². The van der Waals surface area contributed by atoms with Crippen molar-refractivity contribution in [1.29, 1.82) is 10.5 Å². The van der Waals surface area contributed by atoms with Gasteiger partial charge in [0.05, 0.1) is 17.7 Å². The van der Waals surface area contributed by atoms with Crippen LogP contribution in [0, 0.1) is 22.8 Å². The van der Waals surface area contributed by atoms with Crippen LogP contribution in [0.3, 0.4) is 0 Å². The molecule has 114 valence electrons. The fourth-order valence-electron chi connectivity index (χ4n) is 2.61. The van der Waals surface area contributed by atoms with Gasteiger partial charge in [0, 0.05) is 12.6 Å². The highest BCUT2D eigenvalue weighted by Crippen LogP contribution is 2.42. The van der Waals surface area contributed by atoms with Crippen LogP contribution in [0.5, 0.6) is 5.75 Å². The Hall–Kier alpha value is -2.57. The second kappa shape index (κ2) is 5.67. The summed E-state index contributed by atoms with van der Waals surface area (Å²) < 4.78 is 5.86. The lowest BCUT2D eigenvalue weighted by atomic mass is 9.85. The Labute approximate surface area is 129 Å². The molecule has 0 amide bonds. The highest BCUT2D eigenvalue weighted by atomic mass is 16.5. The van der Waals surface area contributed by atoms with Gasteiger partial charge in [0.25, 0.3) is 0 Å². The maximum atomic E-state index is 10.7. The number of rotatable bonds is 1. The standard InChI is InChI=1S/C16H18N4O2/c1-10(19-9-18)20(4)14-12-7-11(8-17)5-6-13(12)22-16(2,3)15(14)21/h5-7,14-15,21H,1-4H3/b19-10+. The van der Waals surface area contributed by atoms with E-state index in [1.54, 1.807) is 57.1 Å². The number of aliphatic imine (C=N–C) groups is 1. The SMILES string of the molecule is C/C(=N\C#N)N(C)C1c2cc(C#N)ccc2OC(C)(C)C1O. The van der Waals surface area contributed by atoms with Crippen molar-refractivity contribution in [3.05, 3.63) is 29.3 Å². The Bertz CT molecular complexity index is 697. The van der Waals surface area contributed by atoms with Gasteiger partial charge in [0.15, 0.2) is 0 Å². The maximum Gasteiger partial charge on any atom is 0.207 e. The molecule has 0 bridgehead atoms. The summed E-state index contributed by atoms with van der Waals surface area (Å²) in [5.74, 6) is 1.11. The quantitative estimate of drug-likeness (QED) is 0.486. The second-order valence-electron chi connectivity index (χ2n) is 5.83. The normalized spacial score (nSPS) is 22.8. The smallest absolute Gasteiger partial charge is 0.207 e. The van der Waals surface area contributed by atoms with E-state index in [-0.39, 0.29) is 0 Å². The van der Waals surface area contributed by atoms with Gasteiger partial charge >= 0.3 is 0 Å². The van der Waals surface area contributed by atoms with Gasteiger partial charge in [0.1, 0.15) is 23.3 Å². The number of ether oxygens (including phenoxy) is 1. The number of benzene rings is 1. The third-order valence-corrected chi connectivity index (χ3v) is 3.98. The Morgan fingerprint density at radius 1 is 1.41 bits per heavy atom. The van der Waals surface area contributed by atoms with E-state index in [1.165, 1.54) is 0 Å². The second-order valence-corrected chi connectivity index (χ2v) is 5.83. The van der Waals surface area contributed by atoms with E-state index >= 15 is 0 Å². The molecule has 0 fully saturated rings. The van der Waals surface area contributed by atoms with E-state index in [9.17, 15) is 5.11 Å². The van der Waals surface area contributed by atoms with Crippen LogP contribution < -0.4 is 4.74 Å². The number of hydrogen-bond acceptors (Lipinski definition) is 5. The number of aliphatic hydroxyl groups is 1. The molecule has 0 aromatic heterocycles. The Morgan fingerprint density at radius 3 is 2.68 bits per heavy atom. The molecule has 1 aliphatic rings. The number of amidine groups is 1. The third kappa shape index (κ3) is 2.61. The van der Waals surface area contributed by atoms with Gasteiger partial charge in [0.2, 0.25) is 6.19 Å². The van der Waals surface area contributed by atoms with E-state index in [0.29, 0.717) is 22.7 Å². The first kappa shape index (κ1) is 15.8. The van der Waals surface area contributed by atoms with Crippen molar-refractivity contribution in [3.63, 3.8) is 0 Å². The number of nitrogens with zero attached hydrogens (tertiary/aromatic N) is 4. The molecule has 0 spiro atoms. The van der Waals surface area contributed by atoms with Gasteiger partial charge in [-0.15, -0.1) is 0 Å². The molecular weight excluding hydrogens is 280 g/mol. The highest BCUT2D eigenvalue weighted by Gasteiger charge is 2.45. The van der Waals surface area contributed by atoms with Gasteiger partial charge in [-0.25, -0.2) is 0 Å². The molecule has 2 rings (SSSR count). The van der Waals surface area contributed by atoms with Crippen molar-refractivity contribution in [2.75, 3.05) is 7.05 Å². The van der Waals surface area contributed by atoms with Crippen molar-refractivity contribution in [3.8, 4) is 18.0 Å². The first-order valence-electron chi connectivity index (χ1n) is 6.89. The predicted octanol–water partition coefficient (Wildman–Crippen LogP) is 1.96. The van der Waals surface area contributed by atoms with E-state index < -0.39 is 17.7 Å². The highest BCUT2D eigenvalue weighted by molar-refractivity contribution is 5.81.